The van der Waals surface area contributed by atoms with E-state index in [9.17, 15) is 15.0 Å². The molecule has 1 aliphatic heterocycles. The zero-order chi connectivity index (χ0) is 19.3. The van der Waals surface area contributed by atoms with Crippen molar-refractivity contribution in [3.05, 3.63) is 35.1 Å². The monoisotopic (exact) mass is 373 g/mol. The van der Waals surface area contributed by atoms with Gasteiger partial charge in [0.15, 0.2) is 23.0 Å². The van der Waals surface area contributed by atoms with E-state index in [1.807, 2.05) is 19.2 Å². The molecule has 4 rings (SSSR count). The van der Waals surface area contributed by atoms with Gasteiger partial charge in [0.05, 0.1) is 13.2 Å². The maximum absolute atomic E-state index is 12.7. The van der Waals surface area contributed by atoms with Gasteiger partial charge in [-0.2, -0.15) is 0 Å². The first kappa shape index (κ1) is 18.3. The Morgan fingerprint density at radius 2 is 2.11 bits per heavy atom. The zero-order valence-electron chi connectivity index (χ0n) is 16.1. The molecule has 6 nitrogen and oxygen atoms in total. The number of phenolic OH excluding ortho intramolecular Hbond substituents is 2. The number of carbonyl (C=O) groups excluding carboxylic acids is 1. The van der Waals surface area contributed by atoms with Crippen LogP contribution < -0.4 is 0 Å². The fraction of sp³-hybridized carbons (Fsp3) is 0.571. The first-order valence-corrected chi connectivity index (χ1v) is 9.60. The van der Waals surface area contributed by atoms with E-state index in [2.05, 4.69) is 11.8 Å². The number of ether oxygens (including phenoxy) is 2. The highest BCUT2D eigenvalue weighted by Crippen LogP contribution is 2.61. The number of hydrogen-bond acceptors (Lipinski definition) is 6. The minimum Gasteiger partial charge on any atom is -0.504 e. The predicted molar refractivity (Wildman–Crippen MR) is 99.7 cm³/mol. The third kappa shape index (κ3) is 2.50. The number of methoxy groups -OCH3 is 1. The molecule has 0 radical (unpaired) electrons. The van der Waals surface area contributed by atoms with Crippen LogP contribution in [0.5, 0.6) is 11.5 Å². The minimum absolute atomic E-state index is 0.0259. The third-order valence-corrected chi connectivity index (χ3v) is 6.45. The fourth-order valence-electron chi connectivity index (χ4n) is 5.34. The summed E-state index contributed by atoms with van der Waals surface area (Å²) in [6.07, 6.45) is 3.93. The van der Waals surface area contributed by atoms with E-state index in [1.54, 1.807) is 0 Å². The van der Waals surface area contributed by atoms with Crippen LogP contribution in [0.3, 0.4) is 0 Å². The van der Waals surface area contributed by atoms with Crippen LogP contribution in [0.1, 0.15) is 43.4 Å². The van der Waals surface area contributed by atoms with E-state index in [1.165, 1.54) is 13.2 Å². The molecule has 0 saturated carbocycles. The van der Waals surface area contributed by atoms with Crippen molar-refractivity contribution in [1.29, 1.82) is 0 Å². The van der Waals surface area contributed by atoms with Gasteiger partial charge < -0.3 is 19.7 Å². The number of allylic oxidation sites excluding steroid dienone is 1. The minimum atomic E-state index is -0.568. The number of likely N-dealkylation sites (N-methyl/N-ethyl adjacent to an activating group) is 1. The van der Waals surface area contributed by atoms with Crippen LogP contribution in [-0.4, -0.2) is 54.2 Å². The topological polar surface area (TPSA) is 79.2 Å². The summed E-state index contributed by atoms with van der Waals surface area (Å²) < 4.78 is 11.6. The lowest BCUT2D eigenvalue weighted by Gasteiger charge is -2.46. The molecule has 27 heavy (non-hydrogen) atoms. The highest BCUT2D eigenvalue weighted by molar-refractivity contribution is 5.96. The van der Waals surface area contributed by atoms with Crippen molar-refractivity contribution in [3.63, 3.8) is 0 Å². The van der Waals surface area contributed by atoms with Crippen LogP contribution in [0.4, 0.5) is 0 Å². The number of likely N-dealkylation sites (tertiary alicyclic amines) is 1. The summed E-state index contributed by atoms with van der Waals surface area (Å²) >= 11 is 0. The number of fused-ring (bicyclic) bond motifs is 1. The Balaban J connectivity index is 1.91. The van der Waals surface area contributed by atoms with Crippen LogP contribution in [-0.2, 0) is 19.7 Å². The average Bonchev–Trinajstić information content (AvgIpc) is 2.86. The molecule has 0 aromatic heterocycles. The number of aromatic hydroxyl groups is 2. The summed E-state index contributed by atoms with van der Waals surface area (Å²) in [7, 11) is 3.55. The Kier molecular flexibility index (Phi) is 4.43. The molecule has 146 valence electrons. The molecular formula is C21H27NO5. The lowest BCUT2D eigenvalue weighted by Crippen LogP contribution is -2.48. The normalized spacial score (nSPS) is 32.0. The maximum Gasteiger partial charge on any atom is 0.197 e. The third-order valence-electron chi connectivity index (χ3n) is 6.45. The summed E-state index contributed by atoms with van der Waals surface area (Å²) in [5.74, 6) is 0.00343. The standard InChI is InChI=1S/C21H27NO5/c1-4-5-8-27-20-12-6-7-14(23)19(25)17(12)21-10-15(24)16(26-3)9-13(21)18(20)22(2)11-21/h6-7,9,13,18,20,23,25H,4-5,8,10-11H2,1-3H3/t13?,18-,20-,21+/m1/s1. The maximum atomic E-state index is 12.7. The molecule has 3 aliphatic rings. The SMILES string of the molecule is CCCCO[C@@H]1c2ccc(O)c(O)c2[C@]23CC(=O)C(OC)=CC2[C@H]1N(C)C3. The van der Waals surface area contributed by atoms with Crippen LogP contribution in [0.15, 0.2) is 24.0 Å². The smallest absolute Gasteiger partial charge is 0.197 e. The Morgan fingerprint density at radius 1 is 1.33 bits per heavy atom. The zero-order valence-corrected chi connectivity index (χ0v) is 16.1. The molecule has 1 fully saturated rings. The summed E-state index contributed by atoms with van der Waals surface area (Å²) in [5, 5.41) is 21.0. The van der Waals surface area contributed by atoms with Gasteiger partial charge in [0.1, 0.15) is 0 Å². The number of ketones is 1. The van der Waals surface area contributed by atoms with Gasteiger partial charge in [0, 0.05) is 42.5 Å². The summed E-state index contributed by atoms with van der Waals surface area (Å²) in [5.41, 5.74) is 0.977. The number of unbranched alkanes of at least 4 members (excludes halogenated alkanes) is 1. The second kappa shape index (κ2) is 6.53. The van der Waals surface area contributed by atoms with Gasteiger partial charge in [-0.25, -0.2) is 0 Å². The molecule has 4 atom stereocenters. The van der Waals surface area contributed by atoms with Gasteiger partial charge >= 0.3 is 0 Å². The molecule has 0 spiro atoms. The van der Waals surface area contributed by atoms with Gasteiger partial charge in [-0.1, -0.05) is 19.4 Å². The Bertz CT molecular complexity index is 804. The molecule has 1 heterocycles. The van der Waals surface area contributed by atoms with Crippen LogP contribution in [0.25, 0.3) is 0 Å². The average molecular weight is 373 g/mol. The van der Waals surface area contributed by atoms with Crippen LogP contribution in [0, 0.1) is 5.92 Å². The summed E-state index contributed by atoms with van der Waals surface area (Å²) in [6.45, 7) is 3.38. The lowest BCUT2D eigenvalue weighted by molar-refractivity contribution is -0.121. The van der Waals surface area contributed by atoms with Crippen molar-refractivity contribution in [3.8, 4) is 11.5 Å². The molecule has 2 bridgehead atoms. The predicted octanol–water partition coefficient (Wildman–Crippen LogP) is 2.64. The van der Waals surface area contributed by atoms with Crippen molar-refractivity contribution in [2.45, 2.75) is 43.7 Å². The lowest BCUT2D eigenvalue weighted by atomic mass is 9.58. The second-order valence-corrected chi connectivity index (χ2v) is 7.97. The van der Waals surface area contributed by atoms with Gasteiger partial charge in [0.2, 0.25) is 0 Å². The van der Waals surface area contributed by atoms with E-state index < -0.39 is 5.41 Å². The summed E-state index contributed by atoms with van der Waals surface area (Å²) in [4.78, 5) is 14.9. The number of hydrogen-bond donors (Lipinski definition) is 2. The molecule has 6 heteroatoms. The number of nitrogens with zero attached hydrogens (tertiary/aromatic N) is 1. The molecule has 2 aliphatic carbocycles. The molecular weight excluding hydrogens is 346 g/mol. The number of Topliss-reactive ketones (excluding diaryl/α,β-unsaturated/α-hetero) is 1. The molecule has 1 aromatic rings. The first-order valence-electron chi connectivity index (χ1n) is 9.60. The van der Waals surface area contributed by atoms with Crippen LogP contribution >= 0.6 is 0 Å². The van der Waals surface area contributed by atoms with Crippen LogP contribution in [0.2, 0.25) is 0 Å². The highest BCUT2D eigenvalue weighted by atomic mass is 16.5. The molecule has 2 N–H and O–H groups in total. The molecule has 1 unspecified atom stereocenters. The number of rotatable bonds is 5. The van der Waals surface area contributed by atoms with Crippen molar-refractivity contribution in [1.82, 2.24) is 4.90 Å². The molecule has 1 aromatic carbocycles. The van der Waals surface area contributed by atoms with E-state index in [0.717, 1.165) is 18.4 Å². The van der Waals surface area contributed by atoms with Gasteiger partial charge in [0.25, 0.3) is 0 Å². The Morgan fingerprint density at radius 3 is 2.81 bits per heavy atom. The van der Waals surface area contributed by atoms with Crippen molar-refractivity contribution >= 4 is 5.78 Å². The quantitative estimate of drug-likeness (QED) is 0.610. The van der Waals surface area contributed by atoms with Gasteiger partial charge in [-0.15, -0.1) is 0 Å². The number of benzene rings is 1. The van der Waals surface area contributed by atoms with Gasteiger partial charge in [-0.3, -0.25) is 9.69 Å². The van der Waals surface area contributed by atoms with E-state index in [-0.39, 0.29) is 41.8 Å². The summed E-state index contributed by atoms with van der Waals surface area (Å²) in [6, 6.07) is 3.41. The number of phenols is 2. The largest absolute Gasteiger partial charge is 0.504 e. The molecule has 1 saturated heterocycles. The first-order chi connectivity index (χ1) is 12.9. The Hall–Kier alpha value is -2.05. The fourth-order valence-corrected chi connectivity index (χ4v) is 5.34. The highest BCUT2D eigenvalue weighted by Gasteiger charge is 2.62. The van der Waals surface area contributed by atoms with E-state index >= 15 is 0 Å². The van der Waals surface area contributed by atoms with Crippen molar-refractivity contribution < 1.29 is 24.5 Å². The van der Waals surface area contributed by atoms with Gasteiger partial charge in [-0.05, 0) is 31.2 Å². The van der Waals surface area contributed by atoms with E-state index in [4.69, 9.17) is 9.47 Å². The van der Waals surface area contributed by atoms with Crippen molar-refractivity contribution in [2.24, 2.45) is 5.92 Å². The molecule has 0 amide bonds. The second-order valence-electron chi connectivity index (χ2n) is 7.97. The van der Waals surface area contributed by atoms with Crippen molar-refractivity contribution in [2.75, 3.05) is 27.3 Å². The van der Waals surface area contributed by atoms with E-state index in [0.29, 0.717) is 24.5 Å². The number of carbonyl (C=O) groups is 1. The Labute approximate surface area is 159 Å².